The lowest BCUT2D eigenvalue weighted by Gasteiger charge is -2.21. The summed E-state index contributed by atoms with van der Waals surface area (Å²) in [5.74, 6) is -1.94. The number of carbonyl (C=O) groups is 3. The van der Waals surface area contributed by atoms with Gasteiger partial charge in [-0.2, -0.15) is 0 Å². The SMILES string of the molecule is C[C@@H](OC(=O)[C@@H]1CCCN1)[C@H](N)C(=O)OC(=O)[C@@H]1CCCN1. The number of nitrogens with two attached hydrogens (primary N) is 1. The molecule has 8 heteroatoms. The number of esters is 3. The third-order valence-corrected chi connectivity index (χ3v) is 3.97. The molecule has 0 bridgehead atoms. The van der Waals surface area contributed by atoms with Gasteiger partial charge in [0.25, 0.3) is 0 Å². The van der Waals surface area contributed by atoms with Crippen LogP contribution in [-0.4, -0.2) is 55.2 Å². The zero-order valence-electron chi connectivity index (χ0n) is 12.7. The van der Waals surface area contributed by atoms with Crippen molar-refractivity contribution in [1.29, 1.82) is 0 Å². The largest absolute Gasteiger partial charge is 0.459 e. The Kier molecular flexibility index (Phi) is 5.87. The average molecular weight is 313 g/mol. The van der Waals surface area contributed by atoms with Crippen molar-refractivity contribution >= 4 is 17.9 Å². The second-order valence-electron chi connectivity index (χ2n) is 5.71. The van der Waals surface area contributed by atoms with Crippen LogP contribution in [0.25, 0.3) is 0 Å². The third kappa shape index (κ3) is 4.25. The minimum atomic E-state index is -1.18. The van der Waals surface area contributed by atoms with Gasteiger partial charge in [-0.1, -0.05) is 0 Å². The number of nitrogens with one attached hydrogen (secondary N) is 2. The summed E-state index contributed by atoms with van der Waals surface area (Å²) in [6.07, 6.45) is 2.26. The van der Waals surface area contributed by atoms with E-state index in [4.69, 9.17) is 15.2 Å². The topological polar surface area (TPSA) is 120 Å². The van der Waals surface area contributed by atoms with Crippen LogP contribution in [0, 0.1) is 0 Å². The Bertz CT molecular complexity index is 430. The van der Waals surface area contributed by atoms with Crippen molar-refractivity contribution in [3.05, 3.63) is 0 Å². The van der Waals surface area contributed by atoms with Crippen LogP contribution < -0.4 is 16.4 Å². The molecule has 2 saturated heterocycles. The molecule has 2 aliphatic heterocycles. The lowest BCUT2D eigenvalue weighted by molar-refractivity contribution is -0.165. The number of rotatable bonds is 5. The molecule has 2 heterocycles. The quantitative estimate of drug-likeness (QED) is 0.428. The predicted octanol–water partition coefficient (Wildman–Crippen LogP) is -1.18. The van der Waals surface area contributed by atoms with E-state index in [1.54, 1.807) is 0 Å². The monoisotopic (exact) mass is 313 g/mol. The van der Waals surface area contributed by atoms with Crippen molar-refractivity contribution < 1.29 is 23.9 Å². The third-order valence-electron chi connectivity index (χ3n) is 3.97. The van der Waals surface area contributed by atoms with E-state index >= 15 is 0 Å². The first-order chi connectivity index (χ1) is 10.5. The Morgan fingerprint density at radius 2 is 1.59 bits per heavy atom. The Morgan fingerprint density at radius 1 is 1.05 bits per heavy atom. The summed E-state index contributed by atoms with van der Waals surface area (Å²) in [5.41, 5.74) is 5.71. The fraction of sp³-hybridized carbons (Fsp3) is 0.786. The summed E-state index contributed by atoms with van der Waals surface area (Å²) in [6, 6.07) is -2.00. The zero-order valence-corrected chi connectivity index (χ0v) is 12.7. The maximum Gasteiger partial charge on any atom is 0.334 e. The molecule has 0 radical (unpaired) electrons. The summed E-state index contributed by atoms with van der Waals surface area (Å²) in [7, 11) is 0. The Labute approximate surface area is 129 Å². The molecule has 0 aromatic heterocycles. The minimum absolute atomic E-state index is 0.352. The van der Waals surface area contributed by atoms with Gasteiger partial charge in [-0.25, -0.2) is 9.59 Å². The van der Waals surface area contributed by atoms with Crippen molar-refractivity contribution in [2.24, 2.45) is 5.73 Å². The van der Waals surface area contributed by atoms with Gasteiger partial charge in [0.15, 0.2) is 0 Å². The smallest absolute Gasteiger partial charge is 0.334 e. The Morgan fingerprint density at radius 3 is 2.09 bits per heavy atom. The van der Waals surface area contributed by atoms with E-state index in [-0.39, 0.29) is 6.04 Å². The summed E-state index contributed by atoms with van der Waals surface area (Å²) in [5, 5.41) is 5.94. The van der Waals surface area contributed by atoms with Crippen LogP contribution in [0.4, 0.5) is 0 Å². The van der Waals surface area contributed by atoms with E-state index in [1.807, 2.05) is 0 Å². The highest BCUT2D eigenvalue weighted by Crippen LogP contribution is 2.11. The molecule has 0 spiro atoms. The van der Waals surface area contributed by atoms with Crippen LogP contribution in [0.3, 0.4) is 0 Å². The molecule has 4 atom stereocenters. The molecule has 0 aromatic rings. The van der Waals surface area contributed by atoms with Crippen LogP contribution in [0.1, 0.15) is 32.6 Å². The van der Waals surface area contributed by atoms with Gasteiger partial charge in [-0.15, -0.1) is 0 Å². The molecule has 2 fully saturated rings. The maximum absolute atomic E-state index is 11.9. The summed E-state index contributed by atoms with van der Waals surface area (Å²) >= 11 is 0. The summed E-state index contributed by atoms with van der Waals surface area (Å²) in [4.78, 5) is 35.4. The van der Waals surface area contributed by atoms with Gasteiger partial charge in [0, 0.05) is 0 Å². The minimum Gasteiger partial charge on any atom is -0.459 e. The highest BCUT2D eigenvalue weighted by atomic mass is 16.6. The van der Waals surface area contributed by atoms with E-state index in [9.17, 15) is 14.4 Å². The molecule has 0 saturated carbocycles. The van der Waals surface area contributed by atoms with Crippen LogP contribution >= 0.6 is 0 Å². The second kappa shape index (κ2) is 7.66. The lowest BCUT2D eigenvalue weighted by atomic mass is 10.2. The van der Waals surface area contributed by atoms with Crippen LogP contribution in [0.2, 0.25) is 0 Å². The van der Waals surface area contributed by atoms with E-state index in [2.05, 4.69) is 10.6 Å². The second-order valence-corrected chi connectivity index (χ2v) is 5.71. The molecule has 0 aliphatic carbocycles. The van der Waals surface area contributed by atoms with Crippen molar-refractivity contribution in [1.82, 2.24) is 10.6 Å². The number of hydrogen-bond donors (Lipinski definition) is 3. The summed E-state index contributed by atoms with van der Waals surface area (Å²) < 4.78 is 9.92. The number of ether oxygens (including phenoxy) is 2. The van der Waals surface area contributed by atoms with Gasteiger partial charge in [-0.3, -0.25) is 4.79 Å². The molecular weight excluding hydrogens is 290 g/mol. The molecule has 4 N–H and O–H groups in total. The van der Waals surface area contributed by atoms with E-state index < -0.39 is 36.1 Å². The molecule has 124 valence electrons. The highest BCUT2D eigenvalue weighted by molar-refractivity contribution is 5.91. The Hall–Kier alpha value is -1.51. The van der Waals surface area contributed by atoms with Gasteiger partial charge in [0.2, 0.25) is 0 Å². The molecular formula is C14H23N3O5. The molecule has 2 rings (SSSR count). The molecule has 0 amide bonds. The first-order valence-electron chi connectivity index (χ1n) is 7.67. The van der Waals surface area contributed by atoms with Gasteiger partial charge >= 0.3 is 17.9 Å². The van der Waals surface area contributed by atoms with Gasteiger partial charge < -0.3 is 25.8 Å². The van der Waals surface area contributed by atoms with Crippen molar-refractivity contribution in [3.63, 3.8) is 0 Å². The van der Waals surface area contributed by atoms with E-state index in [0.29, 0.717) is 12.8 Å². The fourth-order valence-electron chi connectivity index (χ4n) is 2.54. The average Bonchev–Trinajstić information content (AvgIpc) is 3.18. The van der Waals surface area contributed by atoms with Crippen molar-refractivity contribution in [3.8, 4) is 0 Å². The van der Waals surface area contributed by atoms with E-state index in [1.165, 1.54) is 6.92 Å². The number of hydrogen-bond acceptors (Lipinski definition) is 8. The zero-order chi connectivity index (χ0) is 16.1. The molecule has 22 heavy (non-hydrogen) atoms. The van der Waals surface area contributed by atoms with Gasteiger partial charge in [0.1, 0.15) is 24.2 Å². The van der Waals surface area contributed by atoms with Gasteiger partial charge in [0.05, 0.1) is 0 Å². The first kappa shape index (κ1) is 16.9. The molecule has 0 aromatic carbocycles. The highest BCUT2D eigenvalue weighted by Gasteiger charge is 2.33. The van der Waals surface area contributed by atoms with Crippen molar-refractivity contribution in [2.75, 3.05) is 13.1 Å². The fourth-order valence-corrected chi connectivity index (χ4v) is 2.54. The number of carbonyl (C=O) groups excluding carboxylic acids is 3. The molecule has 8 nitrogen and oxygen atoms in total. The van der Waals surface area contributed by atoms with Crippen LogP contribution in [0.5, 0.6) is 0 Å². The first-order valence-corrected chi connectivity index (χ1v) is 7.67. The van der Waals surface area contributed by atoms with E-state index in [0.717, 1.165) is 25.9 Å². The predicted molar refractivity (Wildman–Crippen MR) is 76.7 cm³/mol. The molecule has 2 aliphatic rings. The standard InChI is InChI=1S/C14H23N3O5/c1-8(21-12(18)9-4-2-6-16-9)11(15)14(20)22-13(19)10-5-3-7-17-10/h8-11,16-17H,2-7,15H2,1H3/t8-,9+,10+,11+/m1/s1. The van der Waals surface area contributed by atoms with Crippen LogP contribution in [-0.2, 0) is 23.9 Å². The molecule has 0 unspecified atom stereocenters. The lowest BCUT2D eigenvalue weighted by Crippen LogP contribution is -2.47. The normalized spacial score (nSPS) is 27.2. The van der Waals surface area contributed by atoms with Gasteiger partial charge in [-0.05, 0) is 45.7 Å². The van der Waals surface area contributed by atoms with Crippen LogP contribution in [0.15, 0.2) is 0 Å². The van der Waals surface area contributed by atoms with Crippen molar-refractivity contribution in [2.45, 2.75) is 56.8 Å². The summed E-state index contributed by atoms with van der Waals surface area (Å²) in [6.45, 7) is 3.00. The Balaban J connectivity index is 1.78. The maximum atomic E-state index is 11.9.